The molecule has 0 aliphatic carbocycles. The average molecular weight is 369 g/mol. The lowest BCUT2D eigenvalue weighted by atomic mass is 10.2. The molecule has 118 valence electrons. The standard InChI is InChI=1S/C15H10Cl2N2O3S/c16-9-2-3-10(17)11(6-9)18-15(23)19-14(20)8-1-4-12-13(5-8)22-7-21-12/h1-6H,7H2,(H2,18,19,20,23). The van der Waals surface area contributed by atoms with E-state index in [1.54, 1.807) is 36.4 Å². The smallest absolute Gasteiger partial charge is 0.257 e. The maximum atomic E-state index is 12.2. The van der Waals surface area contributed by atoms with Gasteiger partial charge in [-0.2, -0.15) is 0 Å². The Hall–Kier alpha value is -2.02. The maximum Gasteiger partial charge on any atom is 0.257 e. The Morgan fingerprint density at radius 2 is 1.87 bits per heavy atom. The van der Waals surface area contributed by atoms with E-state index in [0.29, 0.717) is 32.8 Å². The molecule has 2 N–H and O–H groups in total. The molecule has 0 radical (unpaired) electrons. The fourth-order valence-corrected chi connectivity index (χ4v) is 2.50. The van der Waals surface area contributed by atoms with Crippen molar-refractivity contribution in [3.8, 4) is 11.5 Å². The van der Waals surface area contributed by atoms with E-state index >= 15 is 0 Å². The number of halogens is 2. The quantitative estimate of drug-likeness (QED) is 0.788. The summed E-state index contributed by atoms with van der Waals surface area (Å²) in [6.45, 7) is 0.146. The summed E-state index contributed by atoms with van der Waals surface area (Å²) >= 11 is 17.0. The Kier molecular flexibility index (Phi) is 4.56. The van der Waals surface area contributed by atoms with Crippen LogP contribution in [-0.2, 0) is 0 Å². The van der Waals surface area contributed by atoms with Crippen LogP contribution in [0.25, 0.3) is 0 Å². The van der Waals surface area contributed by atoms with Gasteiger partial charge in [-0.1, -0.05) is 23.2 Å². The van der Waals surface area contributed by atoms with E-state index in [0.717, 1.165) is 0 Å². The highest BCUT2D eigenvalue weighted by atomic mass is 35.5. The predicted octanol–water partition coefficient (Wildman–Crippen LogP) is 3.85. The molecule has 5 nitrogen and oxygen atoms in total. The number of benzene rings is 2. The summed E-state index contributed by atoms with van der Waals surface area (Å²) in [6, 6.07) is 9.78. The van der Waals surface area contributed by atoms with Gasteiger partial charge in [-0.05, 0) is 48.6 Å². The minimum Gasteiger partial charge on any atom is -0.454 e. The van der Waals surface area contributed by atoms with E-state index < -0.39 is 0 Å². The van der Waals surface area contributed by atoms with E-state index in [9.17, 15) is 4.79 Å². The molecule has 3 rings (SSSR count). The molecule has 0 saturated heterocycles. The van der Waals surface area contributed by atoms with Crippen LogP contribution in [-0.4, -0.2) is 17.8 Å². The highest BCUT2D eigenvalue weighted by Gasteiger charge is 2.17. The molecule has 1 heterocycles. The van der Waals surface area contributed by atoms with Gasteiger partial charge in [-0.15, -0.1) is 0 Å². The van der Waals surface area contributed by atoms with Gasteiger partial charge in [0.25, 0.3) is 5.91 Å². The van der Waals surface area contributed by atoms with Gasteiger partial charge < -0.3 is 14.8 Å². The largest absolute Gasteiger partial charge is 0.454 e. The van der Waals surface area contributed by atoms with Crippen LogP contribution in [0, 0.1) is 0 Å². The van der Waals surface area contributed by atoms with Gasteiger partial charge in [-0.3, -0.25) is 10.1 Å². The number of amides is 1. The second kappa shape index (κ2) is 6.62. The molecular formula is C15H10Cl2N2O3S. The Morgan fingerprint density at radius 1 is 1.09 bits per heavy atom. The third-order valence-corrected chi connectivity index (χ3v) is 3.81. The molecule has 1 aliphatic heterocycles. The molecule has 1 amide bonds. The molecule has 23 heavy (non-hydrogen) atoms. The van der Waals surface area contributed by atoms with Gasteiger partial charge in [0.15, 0.2) is 16.6 Å². The molecule has 0 fully saturated rings. The fraction of sp³-hybridized carbons (Fsp3) is 0.0667. The summed E-state index contributed by atoms with van der Waals surface area (Å²) in [7, 11) is 0. The summed E-state index contributed by atoms with van der Waals surface area (Å²) in [5, 5.41) is 6.45. The van der Waals surface area contributed by atoms with Crippen molar-refractivity contribution in [2.75, 3.05) is 12.1 Å². The minimum absolute atomic E-state index is 0.108. The topological polar surface area (TPSA) is 59.6 Å². The Balaban J connectivity index is 1.68. The van der Waals surface area contributed by atoms with Crippen molar-refractivity contribution < 1.29 is 14.3 Å². The second-order valence-electron chi connectivity index (χ2n) is 4.60. The van der Waals surface area contributed by atoms with Crippen molar-refractivity contribution in [1.82, 2.24) is 5.32 Å². The van der Waals surface area contributed by atoms with Crippen LogP contribution in [0.1, 0.15) is 10.4 Å². The lowest BCUT2D eigenvalue weighted by Crippen LogP contribution is -2.34. The first-order chi connectivity index (χ1) is 11.0. The van der Waals surface area contributed by atoms with Crippen LogP contribution >= 0.6 is 35.4 Å². The Bertz CT molecular complexity index is 798. The molecule has 0 bridgehead atoms. The van der Waals surface area contributed by atoms with Gasteiger partial charge in [0.1, 0.15) is 0 Å². The molecule has 0 saturated carbocycles. The summed E-state index contributed by atoms with van der Waals surface area (Å²) in [5.74, 6) is 0.751. The van der Waals surface area contributed by atoms with Crippen LogP contribution in [0.3, 0.4) is 0 Å². The summed E-state index contributed by atoms with van der Waals surface area (Å²) in [4.78, 5) is 12.2. The van der Waals surface area contributed by atoms with Crippen molar-refractivity contribution in [2.24, 2.45) is 0 Å². The third-order valence-electron chi connectivity index (χ3n) is 3.04. The van der Waals surface area contributed by atoms with Gasteiger partial charge in [0.05, 0.1) is 10.7 Å². The number of carbonyl (C=O) groups is 1. The van der Waals surface area contributed by atoms with E-state index in [1.807, 2.05) is 0 Å². The Labute approximate surface area is 147 Å². The van der Waals surface area contributed by atoms with E-state index in [-0.39, 0.29) is 17.8 Å². The zero-order valence-corrected chi connectivity index (χ0v) is 13.9. The van der Waals surface area contributed by atoms with Crippen molar-refractivity contribution in [3.05, 3.63) is 52.0 Å². The summed E-state index contributed by atoms with van der Waals surface area (Å²) in [6.07, 6.45) is 0. The van der Waals surface area contributed by atoms with E-state index in [4.69, 9.17) is 44.9 Å². The number of ether oxygens (including phenoxy) is 2. The molecule has 0 aromatic heterocycles. The monoisotopic (exact) mass is 368 g/mol. The second-order valence-corrected chi connectivity index (χ2v) is 5.85. The average Bonchev–Trinajstić information content (AvgIpc) is 2.98. The number of nitrogens with one attached hydrogen (secondary N) is 2. The lowest BCUT2D eigenvalue weighted by molar-refractivity contribution is 0.0977. The van der Waals surface area contributed by atoms with Crippen LogP contribution in [0.15, 0.2) is 36.4 Å². The number of carbonyl (C=O) groups excluding carboxylic acids is 1. The first-order valence-electron chi connectivity index (χ1n) is 6.50. The van der Waals surface area contributed by atoms with Crippen LogP contribution in [0.2, 0.25) is 10.0 Å². The number of fused-ring (bicyclic) bond motifs is 1. The van der Waals surface area contributed by atoms with Gasteiger partial charge in [-0.25, -0.2) is 0 Å². The van der Waals surface area contributed by atoms with Crippen molar-refractivity contribution in [3.63, 3.8) is 0 Å². The third kappa shape index (κ3) is 3.67. The predicted molar refractivity (Wildman–Crippen MR) is 92.7 cm³/mol. The zero-order valence-electron chi connectivity index (χ0n) is 11.6. The van der Waals surface area contributed by atoms with Crippen molar-refractivity contribution >= 4 is 52.1 Å². The first kappa shape index (κ1) is 15.9. The summed E-state index contributed by atoms with van der Waals surface area (Å²) in [5.41, 5.74) is 0.908. The highest BCUT2D eigenvalue weighted by molar-refractivity contribution is 7.80. The first-order valence-corrected chi connectivity index (χ1v) is 7.66. The highest BCUT2D eigenvalue weighted by Crippen LogP contribution is 2.32. The molecule has 8 heteroatoms. The number of anilines is 1. The van der Waals surface area contributed by atoms with Crippen molar-refractivity contribution in [1.29, 1.82) is 0 Å². The van der Waals surface area contributed by atoms with E-state index in [2.05, 4.69) is 10.6 Å². The molecule has 1 aliphatic rings. The minimum atomic E-state index is -0.376. The van der Waals surface area contributed by atoms with E-state index in [1.165, 1.54) is 0 Å². The number of rotatable bonds is 2. The maximum absolute atomic E-state index is 12.2. The number of hydrogen-bond donors (Lipinski definition) is 2. The molecule has 0 unspecified atom stereocenters. The van der Waals surface area contributed by atoms with Crippen LogP contribution in [0.4, 0.5) is 5.69 Å². The lowest BCUT2D eigenvalue weighted by Gasteiger charge is -2.11. The molecule has 0 spiro atoms. The normalized spacial score (nSPS) is 11.9. The molecule has 2 aromatic rings. The van der Waals surface area contributed by atoms with Gasteiger partial charge >= 0.3 is 0 Å². The molecule has 2 aromatic carbocycles. The number of thiocarbonyl (C=S) groups is 1. The Morgan fingerprint density at radius 3 is 2.70 bits per heavy atom. The molecule has 0 atom stereocenters. The van der Waals surface area contributed by atoms with Crippen LogP contribution in [0.5, 0.6) is 11.5 Å². The van der Waals surface area contributed by atoms with Gasteiger partial charge in [0.2, 0.25) is 6.79 Å². The summed E-state index contributed by atoms with van der Waals surface area (Å²) < 4.78 is 10.4. The molecular weight excluding hydrogens is 359 g/mol. The SMILES string of the molecule is O=C(NC(=S)Nc1cc(Cl)ccc1Cl)c1ccc2c(c1)OCO2. The fourth-order valence-electron chi connectivity index (χ4n) is 1.96. The van der Waals surface area contributed by atoms with Gasteiger partial charge in [0, 0.05) is 10.6 Å². The van der Waals surface area contributed by atoms with Crippen LogP contribution < -0.4 is 20.1 Å². The number of hydrogen-bond acceptors (Lipinski definition) is 4. The zero-order chi connectivity index (χ0) is 16.4. The van der Waals surface area contributed by atoms with Crippen molar-refractivity contribution in [2.45, 2.75) is 0 Å².